The molecule has 3 rings (SSSR count). The second kappa shape index (κ2) is 5.93. The summed E-state index contributed by atoms with van der Waals surface area (Å²) in [4.78, 5) is 8.58. The van der Waals surface area contributed by atoms with Crippen LogP contribution < -0.4 is 10.1 Å². The molecule has 3 aromatic rings. The van der Waals surface area contributed by atoms with Crippen LogP contribution in [0.15, 0.2) is 47.2 Å². The minimum absolute atomic E-state index is 0.242. The fourth-order valence-corrected chi connectivity index (χ4v) is 1.94. The first kappa shape index (κ1) is 13.6. The molecule has 0 aliphatic heterocycles. The third-order valence-electron chi connectivity index (χ3n) is 3.00. The topological polar surface area (TPSA) is 60.2 Å². The Bertz CT molecular complexity index is 737. The van der Waals surface area contributed by atoms with Crippen LogP contribution in [-0.4, -0.2) is 16.0 Å². The Labute approximate surface area is 123 Å². The van der Waals surface area contributed by atoms with Gasteiger partial charge in [-0.25, -0.2) is 0 Å². The SMILES string of the molecule is CC(C)NCc1coc(Oc2ccc3cccnc3c2)n1. The lowest BCUT2D eigenvalue weighted by atomic mass is 10.2. The Kier molecular flexibility index (Phi) is 3.83. The average molecular weight is 283 g/mol. The zero-order chi connectivity index (χ0) is 14.7. The second-order valence-electron chi connectivity index (χ2n) is 5.10. The number of fused-ring (bicyclic) bond motifs is 1. The molecule has 0 spiro atoms. The van der Waals surface area contributed by atoms with Crippen LogP contribution in [0.1, 0.15) is 19.5 Å². The molecule has 2 aromatic heterocycles. The van der Waals surface area contributed by atoms with Gasteiger partial charge in [-0.1, -0.05) is 19.9 Å². The molecule has 2 heterocycles. The number of nitrogens with one attached hydrogen (secondary N) is 1. The minimum atomic E-state index is 0.242. The van der Waals surface area contributed by atoms with Gasteiger partial charge in [0.2, 0.25) is 0 Å². The van der Waals surface area contributed by atoms with E-state index >= 15 is 0 Å². The molecule has 0 unspecified atom stereocenters. The van der Waals surface area contributed by atoms with Crippen LogP contribution in [0.5, 0.6) is 11.8 Å². The predicted octanol–water partition coefficient (Wildman–Crippen LogP) is 3.51. The maximum Gasteiger partial charge on any atom is 0.399 e. The summed E-state index contributed by atoms with van der Waals surface area (Å²) in [6.45, 7) is 4.82. The van der Waals surface area contributed by atoms with E-state index in [4.69, 9.17) is 9.15 Å². The summed E-state index contributed by atoms with van der Waals surface area (Å²) < 4.78 is 10.9. The van der Waals surface area contributed by atoms with Crippen LogP contribution >= 0.6 is 0 Å². The van der Waals surface area contributed by atoms with Gasteiger partial charge in [-0.15, -0.1) is 0 Å². The number of oxazole rings is 1. The van der Waals surface area contributed by atoms with E-state index in [9.17, 15) is 0 Å². The largest absolute Gasteiger partial charge is 0.417 e. The van der Waals surface area contributed by atoms with Crippen LogP contribution in [0.4, 0.5) is 0 Å². The Morgan fingerprint density at radius 2 is 2.19 bits per heavy atom. The first-order valence-electron chi connectivity index (χ1n) is 6.91. The van der Waals surface area contributed by atoms with Crippen LogP contribution in [0.3, 0.4) is 0 Å². The highest BCUT2D eigenvalue weighted by Gasteiger charge is 2.07. The van der Waals surface area contributed by atoms with Crippen LogP contribution in [0, 0.1) is 0 Å². The predicted molar refractivity (Wildman–Crippen MR) is 80.3 cm³/mol. The molecule has 0 amide bonds. The van der Waals surface area contributed by atoms with E-state index in [0.717, 1.165) is 16.6 Å². The van der Waals surface area contributed by atoms with Crippen molar-refractivity contribution in [3.05, 3.63) is 48.5 Å². The van der Waals surface area contributed by atoms with Gasteiger partial charge in [0.15, 0.2) is 0 Å². The molecule has 0 fully saturated rings. The lowest BCUT2D eigenvalue weighted by Crippen LogP contribution is -2.21. The molecule has 5 nitrogen and oxygen atoms in total. The minimum Gasteiger partial charge on any atom is -0.417 e. The smallest absolute Gasteiger partial charge is 0.399 e. The van der Waals surface area contributed by atoms with Gasteiger partial charge in [-0.3, -0.25) is 4.98 Å². The highest BCUT2D eigenvalue weighted by atomic mass is 16.6. The molecule has 21 heavy (non-hydrogen) atoms. The number of pyridine rings is 1. The van der Waals surface area contributed by atoms with Crippen molar-refractivity contribution in [2.24, 2.45) is 0 Å². The first-order chi connectivity index (χ1) is 10.2. The quantitative estimate of drug-likeness (QED) is 0.776. The standard InChI is InChI=1S/C16H17N3O2/c1-11(2)18-9-13-10-20-16(19-13)21-14-6-5-12-4-3-7-17-15(12)8-14/h3-8,10-11,18H,9H2,1-2H3. The van der Waals surface area contributed by atoms with E-state index in [1.165, 1.54) is 0 Å². The summed E-state index contributed by atoms with van der Waals surface area (Å²) in [6.07, 6.45) is 3.60. The van der Waals surface area contributed by atoms with Crippen molar-refractivity contribution in [3.8, 4) is 11.8 Å². The third-order valence-corrected chi connectivity index (χ3v) is 3.00. The van der Waals surface area contributed by atoms with Gasteiger partial charge in [0.05, 0.1) is 11.2 Å². The monoisotopic (exact) mass is 283 g/mol. The molecule has 0 aliphatic rings. The van der Waals surface area contributed by atoms with E-state index < -0.39 is 0 Å². The van der Waals surface area contributed by atoms with Gasteiger partial charge in [0.25, 0.3) is 0 Å². The van der Waals surface area contributed by atoms with Crippen molar-refractivity contribution in [2.75, 3.05) is 0 Å². The van der Waals surface area contributed by atoms with Gasteiger partial charge in [-0.2, -0.15) is 4.98 Å². The van der Waals surface area contributed by atoms with Gasteiger partial charge >= 0.3 is 6.08 Å². The van der Waals surface area contributed by atoms with Gasteiger partial charge in [-0.05, 0) is 18.2 Å². The molecule has 1 N–H and O–H groups in total. The van der Waals surface area contributed by atoms with E-state index in [0.29, 0.717) is 18.3 Å². The summed E-state index contributed by atoms with van der Waals surface area (Å²) in [5.41, 5.74) is 1.70. The number of benzene rings is 1. The van der Waals surface area contributed by atoms with E-state index in [1.807, 2.05) is 30.3 Å². The summed E-state index contributed by atoms with van der Waals surface area (Å²) >= 11 is 0. The van der Waals surface area contributed by atoms with Crippen molar-refractivity contribution in [1.82, 2.24) is 15.3 Å². The molecule has 108 valence electrons. The summed E-state index contributed by atoms with van der Waals surface area (Å²) in [5, 5.41) is 4.34. The Morgan fingerprint density at radius 1 is 1.29 bits per heavy atom. The number of rotatable bonds is 5. The molecule has 0 aliphatic carbocycles. The van der Waals surface area contributed by atoms with Gasteiger partial charge in [0, 0.05) is 30.2 Å². The van der Waals surface area contributed by atoms with Crippen molar-refractivity contribution >= 4 is 10.9 Å². The highest BCUT2D eigenvalue weighted by molar-refractivity contribution is 5.79. The zero-order valence-electron chi connectivity index (χ0n) is 12.0. The first-order valence-corrected chi connectivity index (χ1v) is 6.91. The Hall–Kier alpha value is -2.40. The molecule has 0 radical (unpaired) electrons. The van der Waals surface area contributed by atoms with E-state index in [-0.39, 0.29) is 6.08 Å². The van der Waals surface area contributed by atoms with Gasteiger partial charge < -0.3 is 14.5 Å². The van der Waals surface area contributed by atoms with Crippen LogP contribution in [-0.2, 0) is 6.54 Å². The average Bonchev–Trinajstić information content (AvgIpc) is 2.92. The maximum absolute atomic E-state index is 5.63. The maximum atomic E-state index is 5.63. The van der Waals surface area contributed by atoms with Crippen molar-refractivity contribution in [2.45, 2.75) is 26.4 Å². The molecular formula is C16H17N3O2. The van der Waals surface area contributed by atoms with Crippen LogP contribution in [0.25, 0.3) is 10.9 Å². The molecule has 0 bridgehead atoms. The number of aromatic nitrogens is 2. The summed E-state index contributed by atoms with van der Waals surface area (Å²) in [6, 6.07) is 10.0. The zero-order valence-corrected chi connectivity index (χ0v) is 12.0. The van der Waals surface area contributed by atoms with Crippen molar-refractivity contribution in [3.63, 3.8) is 0 Å². The van der Waals surface area contributed by atoms with E-state index in [2.05, 4.69) is 29.1 Å². The van der Waals surface area contributed by atoms with Crippen LogP contribution in [0.2, 0.25) is 0 Å². The fraction of sp³-hybridized carbons (Fsp3) is 0.250. The summed E-state index contributed by atoms with van der Waals surface area (Å²) in [5.74, 6) is 0.659. The third kappa shape index (κ3) is 3.38. The molecule has 0 atom stereocenters. The lowest BCUT2D eigenvalue weighted by Gasteiger charge is -2.04. The number of hydrogen-bond acceptors (Lipinski definition) is 5. The Balaban J connectivity index is 1.72. The molecular weight excluding hydrogens is 266 g/mol. The number of hydrogen-bond donors (Lipinski definition) is 1. The fourth-order valence-electron chi connectivity index (χ4n) is 1.94. The molecule has 0 saturated heterocycles. The Morgan fingerprint density at radius 3 is 3.05 bits per heavy atom. The number of nitrogens with zero attached hydrogens (tertiary/aromatic N) is 2. The van der Waals surface area contributed by atoms with E-state index in [1.54, 1.807) is 12.5 Å². The second-order valence-corrected chi connectivity index (χ2v) is 5.10. The van der Waals surface area contributed by atoms with Gasteiger partial charge in [0.1, 0.15) is 12.0 Å². The molecule has 0 saturated carbocycles. The normalized spacial score (nSPS) is 11.2. The number of ether oxygens (including phenoxy) is 1. The molecule has 1 aromatic carbocycles. The molecule has 5 heteroatoms. The van der Waals surface area contributed by atoms with Crippen molar-refractivity contribution in [1.29, 1.82) is 0 Å². The highest BCUT2D eigenvalue weighted by Crippen LogP contribution is 2.24. The lowest BCUT2D eigenvalue weighted by molar-refractivity contribution is 0.331. The summed E-state index contributed by atoms with van der Waals surface area (Å²) in [7, 11) is 0. The van der Waals surface area contributed by atoms with Crippen molar-refractivity contribution < 1.29 is 9.15 Å².